The number of halogens is 1. The first-order valence-corrected chi connectivity index (χ1v) is 8.71. The number of hydrogen-bond donors (Lipinski definition) is 1. The van der Waals surface area contributed by atoms with Gasteiger partial charge in [0.05, 0.1) is 16.9 Å². The molecule has 0 spiro atoms. The number of aryl methyl sites for hydroxylation is 3. The van der Waals surface area contributed by atoms with Crippen LogP contribution in [0.15, 0.2) is 53.1 Å². The predicted molar refractivity (Wildman–Crippen MR) is 104 cm³/mol. The highest BCUT2D eigenvalue weighted by atomic mass is 79.9. The number of amides is 1. The van der Waals surface area contributed by atoms with Gasteiger partial charge in [0.25, 0.3) is 5.91 Å². The van der Waals surface area contributed by atoms with E-state index in [1.165, 1.54) is 5.56 Å². The number of benzene rings is 2. The van der Waals surface area contributed by atoms with Crippen LogP contribution >= 0.6 is 15.9 Å². The molecule has 1 aromatic heterocycles. The van der Waals surface area contributed by atoms with E-state index in [4.69, 9.17) is 0 Å². The van der Waals surface area contributed by atoms with Crippen LogP contribution in [0, 0.1) is 20.8 Å². The van der Waals surface area contributed by atoms with Crippen molar-refractivity contribution in [2.75, 3.05) is 5.32 Å². The third-order valence-electron chi connectivity index (χ3n) is 3.91. The molecule has 0 saturated carbocycles. The van der Waals surface area contributed by atoms with Gasteiger partial charge in [0, 0.05) is 16.2 Å². The van der Waals surface area contributed by atoms with E-state index in [0.717, 1.165) is 21.3 Å². The molecular formula is C20H18BrN3O. The third-order valence-corrected chi connectivity index (χ3v) is 4.56. The molecular weight excluding hydrogens is 378 g/mol. The Morgan fingerprint density at radius 3 is 2.32 bits per heavy atom. The molecule has 3 aromatic rings. The second-order valence-corrected chi connectivity index (χ2v) is 6.85. The van der Waals surface area contributed by atoms with E-state index >= 15 is 0 Å². The maximum atomic E-state index is 12.6. The molecule has 5 heteroatoms. The van der Waals surface area contributed by atoms with Gasteiger partial charge in [-0.05, 0) is 54.4 Å². The summed E-state index contributed by atoms with van der Waals surface area (Å²) < 4.78 is 0.843. The van der Waals surface area contributed by atoms with Gasteiger partial charge in [-0.2, -0.15) is 0 Å². The summed E-state index contributed by atoms with van der Waals surface area (Å²) in [7, 11) is 0. The lowest BCUT2D eigenvalue weighted by Crippen LogP contribution is -2.15. The average Bonchev–Trinajstić information content (AvgIpc) is 2.58. The predicted octanol–water partition coefficient (Wildman–Crippen LogP) is 5.08. The summed E-state index contributed by atoms with van der Waals surface area (Å²) >= 11 is 3.47. The summed E-state index contributed by atoms with van der Waals surface area (Å²) in [5.41, 5.74) is 5.06. The molecule has 2 aromatic carbocycles. The summed E-state index contributed by atoms with van der Waals surface area (Å²) in [6.45, 7) is 5.85. The number of carbonyl (C=O) groups is 1. The molecule has 0 bridgehead atoms. The van der Waals surface area contributed by atoms with Crippen LogP contribution in [0.3, 0.4) is 0 Å². The number of carbonyl (C=O) groups excluding carboxylic acids is 1. The SMILES string of the molecule is Cc1ccc(-c2ncc(C(=O)Nc3ccc(C)cc3Br)c(C)n2)cc1. The average molecular weight is 396 g/mol. The van der Waals surface area contributed by atoms with Gasteiger partial charge in [-0.15, -0.1) is 0 Å². The van der Waals surface area contributed by atoms with Crippen LogP contribution in [0.1, 0.15) is 27.2 Å². The number of nitrogens with one attached hydrogen (secondary N) is 1. The van der Waals surface area contributed by atoms with Gasteiger partial charge in [-0.3, -0.25) is 4.79 Å². The Kier molecular flexibility index (Phi) is 4.95. The topological polar surface area (TPSA) is 54.9 Å². The number of nitrogens with zero attached hydrogens (tertiary/aromatic N) is 2. The first-order valence-electron chi connectivity index (χ1n) is 7.92. The zero-order valence-electron chi connectivity index (χ0n) is 14.3. The minimum atomic E-state index is -0.225. The van der Waals surface area contributed by atoms with Gasteiger partial charge in [-0.25, -0.2) is 9.97 Å². The van der Waals surface area contributed by atoms with Crippen molar-refractivity contribution in [2.24, 2.45) is 0 Å². The second kappa shape index (κ2) is 7.15. The molecule has 25 heavy (non-hydrogen) atoms. The monoisotopic (exact) mass is 395 g/mol. The third kappa shape index (κ3) is 3.94. The van der Waals surface area contributed by atoms with Crippen molar-refractivity contribution in [3.63, 3.8) is 0 Å². The Morgan fingerprint density at radius 2 is 1.68 bits per heavy atom. The van der Waals surface area contributed by atoms with Gasteiger partial charge in [0.1, 0.15) is 0 Å². The van der Waals surface area contributed by atoms with Crippen molar-refractivity contribution in [3.8, 4) is 11.4 Å². The Balaban J connectivity index is 1.85. The molecule has 0 unspecified atom stereocenters. The number of rotatable bonds is 3. The normalized spacial score (nSPS) is 10.6. The summed E-state index contributed by atoms with van der Waals surface area (Å²) in [5, 5.41) is 2.90. The molecule has 0 aliphatic heterocycles. The van der Waals surface area contributed by atoms with Gasteiger partial charge < -0.3 is 5.32 Å². The van der Waals surface area contributed by atoms with Crippen LogP contribution < -0.4 is 5.32 Å². The molecule has 126 valence electrons. The first kappa shape index (κ1) is 17.3. The van der Waals surface area contributed by atoms with Crippen molar-refractivity contribution < 1.29 is 4.79 Å². The summed E-state index contributed by atoms with van der Waals surface area (Å²) in [6, 6.07) is 13.8. The fourth-order valence-corrected chi connectivity index (χ4v) is 3.04. The lowest BCUT2D eigenvalue weighted by molar-refractivity contribution is 0.102. The Morgan fingerprint density at radius 1 is 1.00 bits per heavy atom. The molecule has 0 radical (unpaired) electrons. The van der Waals surface area contributed by atoms with Crippen molar-refractivity contribution in [1.29, 1.82) is 0 Å². The molecule has 4 nitrogen and oxygen atoms in total. The number of anilines is 1. The maximum absolute atomic E-state index is 12.6. The number of aromatic nitrogens is 2. The zero-order chi connectivity index (χ0) is 18.0. The van der Waals surface area contributed by atoms with E-state index in [0.29, 0.717) is 17.1 Å². The van der Waals surface area contributed by atoms with E-state index < -0.39 is 0 Å². The largest absolute Gasteiger partial charge is 0.321 e. The highest BCUT2D eigenvalue weighted by Crippen LogP contribution is 2.24. The Hall–Kier alpha value is -2.53. The van der Waals surface area contributed by atoms with Crippen LogP contribution in [0.5, 0.6) is 0 Å². The summed E-state index contributed by atoms with van der Waals surface area (Å²) in [4.78, 5) is 21.4. The van der Waals surface area contributed by atoms with Gasteiger partial charge in [-0.1, -0.05) is 35.9 Å². The minimum absolute atomic E-state index is 0.225. The van der Waals surface area contributed by atoms with Gasteiger partial charge in [0.15, 0.2) is 5.82 Å². The fourth-order valence-electron chi connectivity index (χ4n) is 2.44. The summed E-state index contributed by atoms with van der Waals surface area (Å²) in [5.74, 6) is 0.392. The molecule has 0 atom stereocenters. The molecule has 3 rings (SSSR count). The van der Waals surface area contributed by atoms with E-state index in [2.05, 4.69) is 31.2 Å². The maximum Gasteiger partial charge on any atom is 0.259 e. The van der Waals surface area contributed by atoms with Crippen LogP contribution in [0.25, 0.3) is 11.4 Å². The van der Waals surface area contributed by atoms with Crippen molar-refractivity contribution in [3.05, 3.63) is 75.5 Å². The molecule has 0 saturated heterocycles. The van der Waals surface area contributed by atoms with Crippen molar-refractivity contribution in [2.45, 2.75) is 20.8 Å². The van der Waals surface area contributed by atoms with Crippen molar-refractivity contribution >= 4 is 27.5 Å². The highest BCUT2D eigenvalue weighted by molar-refractivity contribution is 9.10. The zero-order valence-corrected chi connectivity index (χ0v) is 15.9. The first-order chi connectivity index (χ1) is 11.9. The Bertz CT molecular complexity index is 936. The van der Waals surface area contributed by atoms with Gasteiger partial charge in [0.2, 0.25) is 0 Å². The molecule has 1 amide bonds. The fraction of sp³-hybridized carbons (Fsp3) is 0.150. The lowest BCUT2D eigenvalue weighted by atomic mass is 10.1. The quantitative estimate of drug-likeness (QED) is 0.672. The number of hydrogen-bond acceptors (Lipinski definition) is 3. The molecule has 1 N–H and O–H groups in total. The summed E-state index contributed by atoms with van der Waals surface area (Å²) in [6.07, 6.45) is 1.58. The molecule has 1 heterocycles. The van der Waals surface area contributed by atoms with E-state index in [1.807, 2.05) is 63.2 Å². The van der Waals surface area contributed by atoms with Crippen molar-refractivity contribution in [1.82, 2.24) is 9.97 Å². The van der Waals surface area contributed by atoms with E-state index in [9.17, 15) is 4.79 Å². The van der Waals surface area contributed by atoms with E-state index in [-0.39, 0.29) is 5.91 Å². The van der Waals surface area contributed by atoms with Gasteiger partial charge >= 0.3 is 0 Å². The van der Waals surface area contributed by atoms with E-state index in [1.54, 1.807) is 6.20 Å². The van der Waals surface area contributed by atoms with Crippen LogP contribution in [0.4, 0.5) is 5.69 Å². The highest BCUT2D eigenvalue weighted by Gasteiger charge is 2.14. The Labute approximate surface area is 155 Å². The molecule has 0 fully saturated rings. The van der Waals surface area contributed by atoms with Crippen LogP contribution in [-0.4, -0.2) is 15.9 Å². The molecule has 0 aliphatic rings. The standard InChI is InChI=1S/C20H18BrN3O/c1-12-4-7-15(8-5-12)19-22-11-16(14(3)23-19)20(25)24-18-9-6-13(2)10-17(18)21/h4-11H,1-3H3,(H,24,25). The smallest absolute Gasteiger partial charge is 0.259 e. The molecule has 0 aliphatic carbocycles. The van der Waals surface area contributed by atoms with Crippen LogP contribution in [-0.2, 0) is 0 Å². The lowest BCUT2D eigenvalue weighted by Gasteiger charge is -2.10. The van der Waals surface area contributed by atoms with Crippen LogP contribution in [0.2, 0.25) is 0 Å². The minimum Gasteiger partial charge on any atom is -0.321 e. The second-order valence-electron chi connectivity index (χ2n) is 6.00.